The lowest BCUT2D eigenvalue weighted by atomic mass is 10.2. The SMILES string of the molecule is CNc1ccccc1N(C)C(C)N=Nc1cc2c(cc1O)NCCO2. The summed E-state index contributed by atoms with van der Waals surface area (Å²) in [7, 11) is 3.84. The van der Waals surface area contributed by atoms with Crippen molar-refractivity contribution < 1.29 is 9.84 Å². The lowest BCUT2D eigenvalue weighted by molar-refractivity contribution is 0.322. The number of benzene rings is 2. The van der Waals surface area contributed by atoms with Crippen LogP contribution in [0.15, 0.2) is 46.6 Å². The predicted molar refractivity (Wildman–Crippen MR) is 100 cm³/mol. The van der Waals surface area contributed by atoms with Gasteiger partial charge in [0, 0.05) is 32.8 Å². The third-order valence-electron chi connectivity index (χ3n) is 4.20. The molecule has 0 saturated heterocycles. The molecule has 0 aliphatic carbocycles. The van der Waals surface area contributed by atoms with E-state index in [9.17, 15) is 5.11 Å². The first-order valence-electron chi connectivity index (χ1n) is 8.24. The molecule has 1 heterocycles. The molecule has 7 nitrogen and oxygen atoms in total. The van der Waals surface area contributed by atoms with E-state index in [0.717, 1.165) is 23.6 Å². The van der Waals surface area contributed by atoms with E-state index in [-0.39, 0.29) is 11.9 Å². The van der Waals surface area contributed by atoms with Crippen LogP contribution in [0.3, 0.4) is 0 Å². The van der Waals surface area contributed by atoms with E-state index in [0.29, 0.717) is 18.0 Å². The highest BCUT2D eigenvalue weighted by molar-refractivity contribution is 5.70. The third kappa shape index (κ3) is 3.60. The highest BCUT2D eigenvalue weighted by Crippen LogP contribution is 2.39. The van der Waals surface area contributed by atoms with Gasteiger partial charge in [0.05, 0.1) is 17.1 Å². The molecular weight excluding hydrogens is 318 g/mol. The predicted octanol–water partition coefficient (Wildman–Crippen LogP) is 3.80. The van der Waals surface area contributed by atoms with Crippen molar-refractivity contribution in [2.24, 2.45) is 10.2 Å². The highest BCUT2D eigenvalue weighted by Gasteiger charge is 2.15. The van der Waals surface area contributed by atoms with Crippen molar-refractivity contribution in [3.05, 3.63) is 36.4 Å². The number of phenolic OH excluding ortho intramolecular Hbond substituents is 1. The van der Waals surface area contributed by atoms with Gasteiger partial charge < -0.3 is 25.4 Å². The van der Waals surface area contributed by atoms with E-state index in [1.807, 2.05) is 50.2 Å². The fraction of sp³-hybridized carbons (Fsp3) is 0.333. The van der Waals surface area contributed by atoms with Gasteiger partial charge in [0.25, 0.3) is 0 Å². The minimum Gasteiger partial charge on any atom is -0.506 e. The molecule has 1 aliphatic rings. The number of nitrogens with one attached hydrogen (secondary N) is 2. The van der Waals surface area contributed by atoms with Crippen molar-refractivity contribution >= 4 is 22.7 Å². The minimum absolute atomic E-state index is 0.0750. The summed E-state index contributed by atoms with van der Waals surface area (Å²) < 4.78 is 5.58. The Labute approximate surface area is 147 Å². The second kappa shape index (κ2) is 7.29. The standard InChI is InChI=1S/C18H23N5O2/c1-12(23(3)16-7-5-4-6-13(16)19-2)21-22-14-11-18-15(10-17(14)24)20-8-9-25-18/h4-7,10-12,19-20,24H,8-9H2,1-3H3. The first-order chi connectivity index (χ1) is 12.1. The Bertz CT molecular complexity index is 778. The summed E-state index contributed by atoms with van der Waals surface area (Å²) in [5.74, 6) is 0.755. The molecule has 3 rings (SSSR count). The zero-order valence-electron chi connectivity index (χ0n) is 14.7. The molecule has 0 amide bonds. The van der Waals surface area contributed by atoms with Gasteiger partial charge >= 0.3 is 0 Å². The molecule has 2 aromatic rings. The Balaban J connectivity index is 1.79. The topological polar surface area (TPSA) is 81.5 Å². The molecule has 1 atom stereocenters. The number of anilines is 3. The molecule has 1 aliphatic heterocycles. The Hall–Kier alpha value is -2.96. The summed E-state index contributed by atoms with van der Waals surface area (Å²) in [4.78, 5) is 2.02. The quantitative estimate of drug-likeness (QED) is 0.721. The number of fused-ring (bicyclic) bond motifs is 1. The number of rotatable bonds is 5. The Morgan fingerprint density at radius 2 is 2.12 bits per heavy atom. The number of aromatic hydroxyl groups is 1. The molecule has 0 radical (unpaired) electrons. The summed E-state index contributed by atoms with van der Waals surface area (Å²) in [6.07, 6.45) is -0.205. The van der Waals surface area contributed by atoms with Gasteiger partial charge in [0.2, 0.25) is 0 Å². The number of hydrogen-bond acceptors (Lipinski definition) is 7. The lowest BCUT2D eigenvalue weighted by Gasteiger charge is -2.25. The normalized spacial score (nSPS) is 14.4. The highest BCUT2D eigenvalue weighted by atomic mass is 16.5. The number of ether oxygens (including phenoxy) is 1. The molecule has 0 bridgehead atoms. The molecule has 25 heavy (non-hydrogen) atoms. The monoisotopic (exact) mass is 341 g/mol. The van der Waals surface area contributed by atoms with Gasteiger partial charge in [-0.1, -0.05) is 12.1 Å². The fourth-order valence-electron chi connectivity index (χ4n) is 2.66. The maximum absolute atomic E-state index is 10.1. The molecule has 0 fully saturated rings. The van der Waals surface area contributed by atoms with Crippen LogP contribution in [0.1, 0.15) is 6.92 Å². The molecule has 7 heteroatoms. The van der Waals surface area contributed by atoms with E-state index in [1.165, 1.54) is 0 Å². The lowest BCUT2D eigenvalue weighted by Crippen LogP contribution is -2.27. The van der Waals surface area contributed by atoms with Crippen LogP contribution >= 0.6 is 0 Å². The van der Waals surface area contributed by atoms with Crippen LogP contribution in [0.25, 0.3) is 0 Å². The van der Waals surface area contributed by atoms with Crippen molar-refractivity contribution in [1.29, 1.82) is 0 Å². The van der Waals surface area contributed by atoms with Crippen LogP contribution < -0.4 is 20.3 Å². The van der Waals surface area contributed by atoms with Gasteiger partial charge in [-0.05, 0) is 19.1 Å². The molecule has 3 N–H and O–H groups in total. The van der Waals surface area contributed by atoms with Gasteiger partial charge in [0.15, 0.2) is 0 Å². The zero-order valence-corrected chi connectivity index (χ0v) is 14.7. The second-order valence-corrected chi connectivity index (χ2v) is 5.84. The van der Waals surface area contributed by atoms with E-state index in [2.05, 4.69) is 20.9 Å². The molecule has 132 valence electrons. The van der Waals surface area contributed by atoms with Crippen LogP contribution in [0.4, 0.5) is 22.7 Å². The Morgan fingerprint density at radius 1 is 1.32 bits per heavy atom. The largest absolute Gasteiger partial charge is 0.506 e. The van der Waals surface area contributed by atoms with Gasteiger partial charge in [0.1, 0.15) is 30.0 Å². The summed E-state index contributed by atoms with van der Waals surface area (Å²) >= 11 is 0. The summed E-state index contributed by atoms with van der Waals surface area (Å²) in [6, 6.07) is 11.3. The number of nitrogens with zero attached hydrogens (tertiary/aromatic N) is 3. The molecular formula is C18H23N5O2. The van der Waals surface area contributed by atoms with Crippen LogP contribution in [-0.2, 0) is 0 Å². The molecule has 0 saturated carbocycles. The van der Waals surface area contributed by atoms with Gasteiger partial charge in [-0.15, -0.1) is 5.11 Å². The zero-order chi connectivity index (χ0) is 17.8. The van der Waals surface area contributed by atoms with Crippen LogP contribution in [0.5, 0.6) is 11.5 Å². The second-order valence-electron chi connectivity index (χ2n) is 5.84. The van der Waals surface area contributed by atoms with Gasteiger partial charge in [-0.25, -0.2) is 0 Å². The maximum atomic E-state index is 10.1. The maximum Gasteiger partial charge on any atom is 0.145 e. The van der Waals surface area contributed by atoms with Crippen molar-refractivity contribution in [3.63, 3.8) is 0 Å². The summed E-state index contributed by atoms with van der Waals surface area (Å²) in [5, 5.41) is 25.1. The first kappa shape index (κ1) is 16.9. The average molecular weight is 341 g/mol. The van der Waals surface area contributed by atoms with Crippen molar-refractivity contribution in [2.75, 3.05) is 42.8 Å². The average Bonchev–Trinajstić information content (AvgIpc) is 2.65. The number of hydrogen-bond donors (Lipinski definition) is 3. The summed E-state index contributed by atoms with van der Waals surface area (Å²) in [5.41, 5.74) is 3.21. The first-order valence-corrected chi connectivity index (χ1v) is 8.24. The number of azo groups is 1. The molecule has 1 unspecified atom stereocenters. The van der Waals surface area contributed by atoms with Crippen molar-refractivity contribution in [3.8, 4) is 11.5 Å². The fourth-order valence-corrected chi connectivity index (χ4v) is 2.66. The molecule has 2 aromatic carbocycles. The van der Waals surface area contributed by atoms with E-state index in [1.54, 1.807) is 12.1 Å². The Morgan fingerprint density at radius 3 is 2.92 bits per heavy atom. The number of para-hydroxylation sites is 2. The van der Waals surface area contributed by atoms with Gasteiger partial charge in [-0.3, -0.25) is 0 Å². The third-order valence-corrected chi connectivity index (χ3v) is 4.20. The van der Waals surface area contributed by atoms with E-state index in [4.69, 9.17) is 4.74 Å². The molecule has 0 aromatic heterocycles. The van der Waals surface area contributed by atoms with Gasteiger partial charge in [-0.2, -0.15) is 5.11 Å². The number of phenols is 1. The van der Waals surface area contributed by atoms with E-state index < -0.39 is 0 Å². The van der Waals surface area contributed by atoms with Crippen molar-refractivity contribution in [1.82, 2.24) is 0 Å². The van der Waals surface area contributed by atoms with E-state index >= 15 is 0 Å². The van der Waals surface area contributed by atoms with Crippen LogP contribution in [0, 0.1) is 0 Å². The molecule has 0 spiro atoms. The Kier molecular flexibility index (Phi) is 4.92. The van der Waals surface area contributed by atoms with Crippen LogP contribution in [-0.4, -0.2) is 38.5 Å². The summed E-state index contributed by atoms with van der Waals surface area (Å²) in [6.45, 7) is 3.26. The minimum atomic E-state index is -0.205. The smallest absolute Gasteiger partial charge is 0.145 e. The van der Waals surface area contributed by atoms with Crippen molar-refractivity contribution in [2.45, 2.75) is 13.1 Å². The van der Waals surface area contributed by atoms with Crippen LogP contribution in [0.2, 0.25) is 0 Å².